The molecule has 5 aromatic rings. The van der Waals surface area contributed by atoms with Crippen molar-refractivity contribution in [3.8, 4) is 11.3 Å². The number of fused-ring (bicyclic) bond motifs is 3. The van der Waals surface area contributed by atoms with E-state index in [1.54, 1.807) is 11.4 Å². The third-order valence-electron chi connectivity index (χ3n) is 6.95. The lowest BCUT2D eigenvalue weighted by molar-refractivity contribution is 0.0930. The summed E-state index contributed by atoms with van der Waals surface area (Å²) < 4.78 is 1.61. The van der Waals surface area contributed by atoms with Gasteiger partial charge in [-0.25, -0.2) is 4.52 Å². The molecule has 1 amide bonds. The van der Waals surface area contributed by atoms with Gasteiger partial charge in [-0.1, -0.05) is 60.7 Å². The molecule has 0 bridgehead atoms. The van der Waals surface area contributed by atoms with Gasteiger partial charge in [0.15, 0.2) is 5.69 Å². The van der Waals surface area contributed by atoms with Gasteiger partial charge in [0.2, 0.25) is 0 Å². The van der Waals surface area contributed by atoms with Crippen LogP contribution in [0.4, 0.5) is 0 Å². The SMILES string of the molecule is Cc1c(C(=O)NC2CCc3ccccc32)nn2c(C)c(-c3ccc4ccccc4c3)[nH]c(=O)c12. The van der Waals surface area contributed by atoms with E-state index in [4.69, 9.17) is 0 Å². The molecule has 2 heterocycles. The number of H-pyrrole nitrogens is 1. The van der Waals surface area contributed by atoms with E-state index in [1.165, 1.54) is 5.56 Å². The lowest BCUT2D eigenvalue weighted by atomic mass is 10.0. The molecular formula is C28H24N4O2. The zero-order valence-corrected chi connectivity index (χ0v) is 19.1. The fourth-order valence-corrected chi connectivity index (χ4v) is 5.15. The zero-order chi connectivity index (χ0) is 23.4. The second kappa shape index (κ2) is 7.70. The number of amides is 1. The minimum absolute atomic E-state index is 0.0412. The number of carbonyl (C=O) groups is 1. The number of aromatic nitrogens is 3. The van der Waals surface area contributed by atoms with Gasteiger partial charge in [-0.3, -0.25) is 9.59 Å². The predicted molar refractivity (Wildman–Crippen MR) is 133 cm³/mol. The summed E-state index contributed by atoms with van der Waals surface area (Å²) in [6.45, 7) is 3.69. The number of hydrogen-bond acceptors (Lipinski definition) is 3. The van der Waals surface area contributed by atoms with Gasteiger partial charge in [-0.05, 0) is 54.7 Å². The Morgan fingerprint density at radius 3 is 2.65 bits per heavy atom. The molecule has 2 aromatic heterocycles. The second-order valence-corrected chi connectivity index (χ2v) is 8.97. The first-order valence-electron chi connectivity index (χ1n) is 11.5. The average molecular weight is 449 g/mol. The quantitative estimate of drug-likeness (QED) is 0.413. The van der Waals surface area contributed by atoms with Crippen molar-refractivity contribution >= 4 is 22.2 Å². The van der Waals surface area contributed by atoms with Crippen molar-refractivity contribution in [2.24, 2.45) is 0 Å². The van der Waals surface area contributed by atoms with Crippen molar-refractivity contribution in [2.45, 2.75) is 32.7 Å². The van der Waals surface area contributed by atoms with Crippen LogP contribution in [0.5, 0.6) is 0 Å². The first-order chi connectivity index (χ1) is 16.5. The van der Waals surface area contributed by atoms with Crippen molar-refractivity contribution < 1.29 is 4.79 Å². The summed E-state index contributed by atoms with van der Waals surface area (Å²) in [4.78, 5) is 29.4. The van der Waals surface area contributed by atoms with Crippen LogP contribution < -0.4 is 10.9 Å². The van der Waals surface area contributed by atoms with Crippen LogP contribution in [-0.4, -0.2) is 20.5 Å². The molecule has 6 rings (SSSR count). The molecule has 6 nitrogen and oxygen atoms in total. The summed E-state index contributed by atoms with van der Waals surface area (Å²) in [6, 6.07) is 22.3. The van der Waals surface area contributed by atoms with Crippen LogP contribution in [0.15, 0.2) is 71.5 Å². The van der Waals surface area contributed by atoms with Gasteiger partial charge in [-0.2, -0.15) is 5.10 Å². The van der Waals surface area contributed by atoms with E-state index >= 15 is 0 Å². The molecule has 1 atom stereocenters. The number of hydrogen-bond donors (Lipinski definition) is 2. The van der Waals surface area contributed by atoms with Gasteiger partial charge >= 0.3 is 0 Å². The monoisotopic (exact) mass is 448 g/mol. The molecule has 0 spiro atoms. The molecule has 0 radical (unpaired) electrons. The van der Waals surface area contributed by atoms with Crippen LogP contribution in [-0.2, 0) is 6.42 Å². The molecule has 1 unspecified atom stereocenters. The summed E-state index contributed by atoms with van der Waals surface area (Å²) in [5.74, 6) is -0.256. The van der Waals surface area contributed by atoms with Crippen molar-refractivity contribution in [3.05, 3.63) is 105 Å². The lowest BCUT2D eigenvalue weighted by Gasteiger charge is -2.13. The number of nitrogens with one attached hydrogen (secondary N) is 2. The highest BCUT2D eigenvalue weighted by Crippen LogP contribution is 2.31. The zero-order valence-electron chi connectivity index (χ0n) is 19.1. The molecular weight excluding hydrogens is 424 g/mol. The molecule has 168 valence electrons. The number of rotatable bonds is 3. The topological polar surface area (TPSA) is 79.3 Å². The molecule has 1 aliphatic carbocycles. The molecule has 2 N–H and O–H groups in total. The normalized spacial score (nSPS) is 15.1. The van der Waals surface area contributed by atoms with E-state index in [1.807, 2.05) is 49.4 Å². The molecule has 6 heteroatoms. The predicted octanol–water partition coefficient (Wildman–Crippen LogP) is 4.88. The summed E-state index contributed by atoms with van der Waals surface area (Å²) in [7, 11) is 0. The Balaban J connectivity index is 1.41. The standard InChI is InChI=1S/C28H24N4O2/c1-16-24(27(33)29-23-14-13-19-8-5-6-10-22(19)23)31-32-17(2)25(30-28(34)26(16)32)21-12-11-18-7-3-4-9-20(18)15-21/h3-12,15,23H,13-14H2,1-2H3,(H,29,33)(H,30,34). The third-order valence-corrected chi connectivity index (χ3v) is 6.95. The van der Waals surface area contributed by atoms with Gasteiger partial charge in [0.25, 0.3) is 11.5 Å². The first-order valence-corrected chi connectivity index (χ1v) is 11.5. The molecule has 0 saturated carbocycles. The summed E-state index contributed by atoms with van der Waals surface area (Å²) in [6.07, 6.45) is 1.81. The van der Waals surface area contributed by atoms with E-state index in [9.17, 15) is 9.59 Å². The number of nitrogens with zero attached hydrogens (tertiary/aromatic N) is 2. The maximum absolute atomic E-state index is 13.2. The van der Waals surface area contributed by atoms with Crippen LogP contribution in [0, 0.1) is 13.8 Å². The lowest BCUT2D eigenvalue weighted by Crippen LogP contribution is -2.28. The summed E-state index contributed by atoms with van der Waals surface area (Å²) in [5, 5.41) is 9.96. The molecule has 3 aromatic carbocycles. The minimum Gasteiger partial charge on any atom is -0.344 e. The highest BCUT2D eigenvalue weighted by Gasteiger charge is 2.27. The van der Waals surface area contributed by atoms with E-state index in [2.05, 4.69) is 39.7 Å². The Morgan fingerprint density at radius 2 is 1.79 bits per heavy atom. The van der Waals surface area contributed by atoms with Crippen LogP contribution in [0.2, 0.25) is 0 Å². The van der Waals surface area contributed by atoms with Gasteiger partial charge in [0, 0.05) is 11.1 Å². The first kappa shape index (κ1) is 20.4. The second-order valence-electron chi connectivity index (χ2n) is 8.97. The molecule has 0 saturated heterocycles. The Morgan fingerprint density at radius 1 is 1.03 bits per heavy atom. The fourth-order valence-electron chi connectivity index (χ4n) is 5.15. The van der Waals surface area contributed by atoms with Crippen molar-refractivity contribution in [3.63, 3.8) is 0 Å². The summed E-state index contributed by atoms with van der Waals surface area (Å²) >= 11 is 0. The number of benzene rings is 3. The molecule has 1 aliphatic rings. The fraction of sp³-hybridized carbons (Fsp3) is 0.179. The smallest absolute Gasteiger partial charge is 0.274 e. The maximum Gasteiger partial charge on any atom is 0.274 e. The highest BCUT2D eigenvalue weighted by atomic mass is 16.2. The Kier molecular flexibility index (Phi) is 4.62. The Labute approximate surface area is 196 Å². The van der Waals surface area contributed by atoms with Crippen LogP contribution >= 0.6 is 0 Å². The highest BCUT2D eigenvalue weighted by molar-refractivity contribution is 5.96. The molecule has 34 heavy (non-hydrogen) atoms. The average Bonchev–Trinajstić information content (AvgIpc) is 3.42. The van der Waals surface area contributed by atoms with Crippen molar-refractivity contribution in [1.82, 2.24) is 19.9 Å². The van der Waals surface area contributed by atoms with Crippen LogP contribution in [0.3, 0.4) is 0 Å². The van der Waals surface area contributed by atoms with Crippen molar-refractivity contribution in [1.29, 1.82) is 0 Å². The van der Waals surface area contributed by atoms with E-state index in [0.717, 1.165) is 40.4 Å². The Bertz CT molecular complexity index is 1660. The molecule has 0 aliphatic heterocycles. The van der Waals surface area contributed by atoms with Gasteiger partial charge in [-0.15, -0.1) is 0 Å². The summed E-state index contributed by atoms with van der Waals surface area (Å²) in [5.41, 5.74) is 5.81. The van der Waals surface area contributed by atoms with E-state index < -0.39 is 0 Å². The Hall–Kier alpha value is -4.19. The van der Waals surface area contributed by atoms with E-state index in [-0.39, 0.29) is 23.2 Å². The third kappa shape index (κ3) is 3.14. The number of aromatic amines is 1. The van der Waals surface area contributed by atoms with Gasteiger partial charge in [0.1, 0.15) is 5.52 Å². The maximum atomic E-state index is 13.2. The van der Waals surface area contributed by atoms with Gasteiger partial charge in [0.05, 0.1) is 17.4 Å². The van der Waals surface area contributed by atoms with Crippen molar-refractivity contribution in [2.75, 3.05) is 0 Å². The van der Waals surface area contributed by atoms with Crippen LogP contribution in [0.1, 0.15) is 45.3 Å². The van der Waals surface area contributed by atoms with E-state index in [0.29, 0.717) is 16.8 Å². The number of aryl methyl sites for hydroxylation is 3. The largest absolute Gasteiger partial charge is 0.344 e. The number of carbonyl (C=O) groups excluding carboxylic acids is 1. The van der Waals surface area contributed by atoms with Crippen LogP contribution in [0.25, 0.3) is 27.5 Å². The molecule has 0 fully saturated rings. The minimum atomic E-state index is -0.260. The van der Waals surface area contributed by atoms with Gasteiger partial charge < -0.3 is 10.3 Å².